The van der Waals surface area contributed by atoms with Gasteiger partial charge in [-0.1, -0.05) is 6.07 Å². The maximum atomic E-state index is 12.6. The second kappa shape index (κ2) is 5.45. The number of nitrogens with one attached hydrogen (secondary N) is 2. The van der Waals surface area contributed by atoms with E-state index in [2.05, 4.69) is 19.8 Å². The number of aromatic amines is 1. The number of anilines is 1. The smallest absolute Gasteiger partial charge is 0.275 e. The molecule has 0 aliphatic carbocycles. The summed E-state index contributed by atoms with van der Waals surface area (Å²) in [7, 11) is -3.90. The lowest BCUT2D eigenvalue weighted by atomic mass is 10.1. The van der Waals surface area contributed by atoms with Crippen molar-refractivity contribution in [3.05, 3.63) is 51.2 Å². The number of rotatable bonds is 3. The van der Waals surface area contributed by atoms with Crippen LogP contribution in [-0.2, 0) is 10.0 Å². The molecule has 0 aliphatic heterocycles. The van der Waals surface area contributed by atoms with Gasteiger partial charge in [-0.3, -0.25) is 14.6 Å². The van der Waals surface area contributed by atoms with Gasteiger partial charge in [0.1, 0.15) is 11.5 Å². The minimum Gasteiger partial charge on any atom is -0.275 e. The van der Waals surface area contributed by atoms with Gasteiger partial charge >= 0.3 is 0 Å². The third kappa shape index (κ3) is 2.67. The molecule has 0 fully saturated rings. The first-order chi connectivity index (χ1) is 11.2. The van der Waals surface area contributed by atoms with Crippen LogP contribution in [0, 0.1) is 27.7 Å². The van der Waals surface area contributed by atoms with Gasteiger partial charge < -0.3 is 0 Å². The summed E-state index contributed by atoms with van der Waals surface area (Å²) in [6, 6.07) is 4.80. The number of H-pyrrole nitrogens is 1. The summed E-state index contributed by atoms with van der Waals surface area (Å²) >= 11 is 0. The highest BCUT2D eigenvalue weighted by atomic mass is 32.2. The first-order valence-corrected chi connectivity index (χ1v) is 8.73. The van der Waals surface area contributed by atoms with E-state index < -0.39 is 15.6 Å². The zero-order chi connectivity index (χ0) is 17.6. The molecule has 8 nitrogen and oxygen atoms in total. The quantitative estimate of drug-likeness (QED) is 0.745. The molecule has 24 heavy (non-hydrogen) atoms. The Morgan fingerprint density at radius 2 is 1.79 bits per heavy atom. The molecular formula is C15H17N5O3S. The van der Waals surface area contributed by atoms with Crippen LogP contribution in [0.2, 0.25) is 0 Å². The Balaban J connectivity index is 2.11. The second-order valence-corrected chi connectivity index (χ2v) is 7.36. The highest BCUT2D eigenvalue weighted by Crippen LogP contribution is 2.18. The average molecular weight is 347 g/mol. The summed E-state index contributed by atoms with van der Waals surface area (Å²) in [5.41, 5.74) is 1.45. The molecule has 0 saturated heterocycles. The molecule has 3 rings (SSSR count). The van der Waals surface area contributed by atoms with E-state index in [1.165, 1.54) is 6.07 Å². The van der Waals surface area contributed by atoms with Gasteiger partial charge in [0.15, 0.2) is 0 Å². The zero-order valence-corrected chi connectivity index (χ0v) is 14.5. The Bertz CT molecular complexity index is 1110. The van der Waals surface area contributed by atoms with Crippen molar-refractivity contribution < 1.29 is 8.42 Å². The number of hydrogen-bond donors (Lipinski definition) is 2. The number of hydrogen-bond acceptors (Lipinski definition) is 5. The molecule has 0 aliphatic rings. The van der Waals surface area contributed by atoms with E-state index in [9.17, 15) is 13.2 Å². The lowest BCUT2D eigenvalue weighted by Gasteiger charge is -2.10. The molecule has 0 unspecified atom stereocenters. The Hall–Kier alpha value is -2.68. The minimum atomic E-state index is -3.90. The maximum Gasteiger partial charge on any atom is 0.298 e. The fraction of sp³-hybridized carbons (Fsp3) is 0.267. The standard InChI is InChI=1S/C15H17N5O3S/c1-8-5-6-12(7-9(8)2)24(22,23)19-13-10(3)16-15-17-11(4)18-20(15)14(13)21/h5-7,19H,1-4H3,(H,16,17,18). The van der Waals surface area contributed by atoms with Gasteiger partial charge in [-0.05, 0) is 51.0 Å². The summed E-state index contributed by atoms with van der Waals surface area (Å²) in [5, 5.41) is 2.73. The van der Waals surface area contributed by atoms with Crippen LogP contribution in [0.5, 0.6) is 0 Å². The van der Waals surface area contributed by atoms with Crippen molar-refractivity contribution in [2.24, 2.45) is 0 Å². The zero-order valence-electron chi connectivity index (χ0n) is 13.7. The van der Waals surface area contributed by atoms with Gasteiger partial charge in [-0.25, -0.2) is 13.4 Å². The van der Waals surface area contributed by atoms with Crippen molar-refractivity contribution in [1.82, 2.24) is 19.6 Å². The highest BCUT2D eigenvalue weighted by Gasteiger charge is 2.20. The third-order valence-corrected chi connectivity index (χ3v) is 5.16. The molecule has 2 aromatic heterocycles. The number of nitrogens with zero attached hydrogens (tertiary/aromatic N) is 3. The molecule has 0 radical (unpaired) electrons. The summed E-state index contributed by atoms with van der Waals surface area (Å²) in [6.45, 7) is 6.97. The van der Waals surface area contributed by atoms with Crippen LogP contribution in [-0.4, -0.2) is 28.0 Å². The van der Waals surface area contributed by atoms with E-state index in [-0.39, 0.29) is 22.1 Å². The molecule has 3 aromatic rings. The van der Waals surface area contributed by atoms with Crippen molar-refractivity contribution in [2.45, 2.75) is 32.6 Å². The van der Waals surface area contributed by atoms with Gasteiger partial charge in [-0.2, -0.15) is 9.50 Å². The minimum absolute atomic E-state index is 0.0929. The van der Waals surface area contributed by atoms with Crippen molar-refractivity contribution in [1.29, 1.82) is 0 Å². The summed E-state index contributed by atoms with van der Waals surface area (Å²) < 4.78 is 28.7. The lowest BCUT2D eigenvalue weighted by Crippen LogP contribution is -2.25. The number of fused-ring (bicyclic) bond motifs is 1. The topological polar surface area (TPSA) is 109 Å². The molecule has 0 amide bonds. The van der Waals surface area contributed by atoms with Crippen LogP contribution in [0.1, 0.15) is 22.6 Å². The van der Waals surface area contributed by atoms with Gasteiger partial charge in [0.2, 0.25) is 0 Å². The molecule has 1 aromatic carbocycles. The van der Waals surface area contributed by atoms with Gasteiger partial charge in [0, 0.05) is 0 Å². The number of aryl methyl sites for hydroxylation is 4. The molecule has 126 valence electrons. The first kappa shape index (κ1) is 16.2. The normalized spacial score (nSPS) is 11.8. The molecule has 9 heteroatoms. The summed E-state index contributed by atoms with van der Waals surface area (Å²) in [4.78, 5) is 20.8. The molecule has 0 bridgehead atoms. The van der Waals surface area contributed by atoms with E-state index >= 15 is 0 Å². The van der Waals surface area contributed by atoms with Gasteiger partial charge in [0.25, 0.3) is 21.4 Å². The largest absolute Gasteiger partial charge is 0.298 e. The van der Waals surface area contributed by atoms with E-state index in [0.29, 0.717) is 5.82 Å². The van der Waals surface area contributed by atoms with Crippen molar-refractivity contribution in [3.8, 4) is 0 Å². The molecule has 2 heterocycles. The molecular weight excluding hydrogens is 330 g/mol. The second-order valence-electron chi connectivity index (χ2n) is 5.67. The lowest BCUT2D eigenvalue weighted by molar-refractivity contribution is 0.601. The number of sulfonamides is 1. The van der Waals surface area contributed by atoms with Crippen molar-refractivity contribution in [2.75, 3.05) is 4.72 Å². The van der Waals surface area contributed by atoms with E-state index in [4.69, 9.17) is 0 Å². The highest BCUT2D eigenvalue weighted by molar-refractivity contribution is 7.92. The Morgan fingerprint density at radius 3 is 2.46 bits per heavy atom. The van der Waals surface area contributed by atoms with Gasteiger partial charge in [-0.15, -0.1) is 0 Å². The molecule has 0 saturated carbocycles. The number of benzene rings is 1. The Labute approximate surface area is 138 Å². The van der Waals surface area contributed by atoms with E-state index in [1.807, 2.05) is 13.8 Å². The predicted molar refractivity (Wildman–Crippen MR) is 89.8 cm³/mol. The Morgan fingerprint density at radius 1 is 1.08 bits per heavy atom. The molecule has 0 spiro atoms. The Kier molecular flexibility index (Phi) is 3.67. The SMILES string of the molecule is Cc1nc2nc(C)c(NS(=O)(=O)c3ccc(C)c(C)c3)c(=O)n2[nH]1. The average Bonchev–Trinajstić information content (AvgIpc) is 2.87. The molecule has 2 N–H and O–H groups in total. The first-order valence-electron chi connectivity index (χ1n) is 7.25. The predicted octanol–water partition coefficient (Wildman–Crippen LogP) is 1.45. The van der Waals surface area contributed by atoms with E-state index in [1.54, 1.807) is 26.0 Å². The third-order valence-electron chi connectivity index (χ3n) is 3.81. The maximum absolute atomic E-state index is 12.6. The van der Waals surface area contributed by atoms with Crippen LogP contribution in [0.4, 0.5) is 5.69 Å². The van der Waals surface area contributed by atoms with Crippen molar-refractivity contribution >= 4 is 21.5 Å². The summed E-state index contributed by atoms with van der Waals surface area (Å²) in [5.74, 6) is 0.706. The monoisotopic (exact) mass is 347 g/mol. The fourth-order valence-electron chi connectivity index (χ4n) is 2.32. The number of aromatic nitrogens is 4. The van der Waals surface area contributed by atoms with Crippen molar-refractivity contribution in [3.63, 3.8) is 0 Å². The molecule has 0 atom stereocenters. The summed E-state index contributed by atoms with van der Waals surface area (Å²) in [6.07, 6.45) is 0. The fourth-order valence-corrected chi connectivity index (χ4v) is 3.52. The van der Waals surface area contributed by atoms with Gasteiger partial charge in [0.05, 0.1) is 10.6 Å². The van der Waals surface area contributed by atoms with Crippen LogP contribution >= 0.6 is 0 Å². The van der Waals surface area contributed by atoms with Crippen LogP contribution in [0.15, 0.2) is 27.9 Å². The van der Waals surface area contributed by atoms with Crippen LogP contribution < -0.4 is 10.3 Å². The van der Waals surface area contributed by atoms with E-state index in [0.717, 1.165) is 15.6 Å². The van der Waals surface area contributed by atoms with Crippen LogP contribution in [0.25, 0.3) is 5.78 Å². The van der Waals surface area contributed by atoms with Crippen LogP contribution in [0.3, 0.4) is 0 Å².